The van der Waals surface area contributed by atoms with Gasteiger partial charge >= 0.3 is 0 Å². The van der Waals surface area contributed by atoms with Crippen LogP contribution < -0.4 is 4.57 Å². The predicted molar refractivity (Wildman–Crippen MR) is 153 cm³/mol. The average molecular weight is 502 g/mol. The van der Waals surface area contributed by atoms with Gasteiger partial charge in [0.1, 0.15) is 35.1 Å². The van der Waals surface area contributed by atoms with Gasteiger partial charge in [-0.1, -0.05) is 52.0 Å². The summed E-state index contributed by atoms with van der Waals surface area (Å²) < 4.78 is 13.5. The summed E-state index contributed by atoms with van der Waals surface area (Å²) in [5.74, 6) is 2.90. The zero-order chi connectivity index (χ0) is 26.3. The van der Waals surface area contributed by atoms with Crippen LogP contribution in [0.4, 0.5) is 0 Å². The third kappa shape index (κ3) is 3.11. The molecule has 0 atom stereocenters. The molecule has 0 unspecified atom stereocenters. The fraction of sp³-hybridized carbons (Fsp3) is 0.273. The molecule has 6 aromatic rings. The minimum absolute atomic E-state index is 0.278. The molecule has 1 aliphatic heterocycles. The highest BCUT2D eigenvalue weighted by atomic mass is 16.3. The van der Waals surface area contributed by atoms with E-state index in [2.05, 4.69) is 121 Å². The van der Waals surface area contributed by atoms with Gasteiger partial charge in [-0.05, 0) is 48.1 Å². The summed E-state index contributed by atoms with van der Waals surface area (Å²) in [7, 11) is 2.15. The molecule has 5 nitrogen and oxygen atoms in total. The molecule has 0 amide bonds. The summed E-state index contributed by atoms with van der Waals surface area (Å²) in [6, 6.07) is 15.3. The number of nitrogens with zero attached hydrogens (tertiary/aromatic N) is 4. The van der Waals surface area contributed by atoms with Crippen LogP contribution in [-0.2, 0) is 13.5 Å². The standard InChI is InChI=1S/C33H33N4O/c1-19(2)23-17-24-22-9-7-8-10-27(22)38-32(24)29(20(3)4)31(23)37-16-15-35(6)33(37)30-21(5)11-12-26-25(30)18-28-34-13-14-36(26)28/h7-17,19-20H,18H2,1-6H3/q+1. The average Bonchev–Trinajstić information content (AvgIpc) is 3.65. The fourth-order valence-electron chi connectivity index (χ4n) is 6.41. The van der Waals surface area contributed by atoms with Crippen LogP contribution in [0.15, 0.2) is 71.7 Å². The van der Waals surface area contributed by atoms with Crippen LogP contribution in [0.25, 0.3) is 44.7 Å². The van der Waals surface area contributed by atoms with E-state index in [1.807, 2.05) is 6.20 Å². The number of benzene rings is 3. The Kier molecular flexibility index (Phi) is 4.96. The molecular weight excluding hydrogens is 468 g/mol. The van der Waals surface area contributed by atoms with Gasteiger partial charge in [0.2, 0.25) is 0 Å². The fourth-order valence-corrected chi connectivity index (χ4v) is 6.41. The Morgan fingerprint density at radius 2 is 1.76 bits per heavy atom. The van der Waals surface area contributed by atoms with E-state index >= 15 is 0 Å². The van der Waals surface area contributed by atoms with Gasteiger partial charge in [-0.2, -0.15) is 4.57 Å². The topological polar surface area (TPSA) is 39.8 Å². The highest BCUT2D eigenvalue weighted by Crippen LogP contribution is 2.44. The van der Waals surface area contributed by atoms with Crippen molar-refractivity contribution in [1.82, 2.24) is 14.1 Å². The van der Waals surface area contributed by atoms with E-state index in [9.17, 15) is 0 Å². The first-order valence-corrected chi connectivity index (χ1v) is 13.6. The Bertz CT molecular complexity index is 1880. The van der Waals surface area contributed by atoms with E-state index in [1.165, 1.54) is 55.8 Å². The molecule has 7 rings (SSSR count). The monoisotopic (exact) mass is 501 g/mol. The molecule has 190 valence electrons. The minimum atomic E-state index is 0.278. The first-order valence-electron chi connectivity index (χ1n) is 13.6. The van der Waals surface area contributed by atoms with Crippen molar-refractivity contribution >= 4 is 21.9 Å². The number of aryl methyl sites for hydroxylation is 2. The first-order chi connectivity index (χ1) is 18.3. The minimum Gasteiger partial charge on any atom is -0.456 e. The molecule has 3 aromatic carbocycles. The molecule has 0 bridgehead atoms. The molecule has 3 aromatic heterocycles. The van der Waals surface area contributed by atoms with Crippen molar-refractivity contribution < 1.29 is 8.98 Å². The molecule has 0 N–H and O–H groups in total. The SMILES string of the molecule is Cc1ccc2c(c1-c1n(-c3c(C(C)C)cc4c(oc5ccccc54)c3C(C)C)cc[n+]1C)Cc1nccn1-2. The number of fused-ring (bicyclic) bond motifs is 6. The highest BCUT2D eigenvalue weighted by molar-refractivity contribution is 6.07. The van der Waals surface area contributed by atoms with Crippen molar-refractivity contribution in [3.05, 3.63) is 95.3 Å². The summed E-state index contributed by atoms with van der Waals surface area (Å²) in [4.78, 5) is 4.63. The Morgan fingerprint density at radius 3 is 2.55 bits per heavy atom. The number of hydrogen-bond donors (Lipinski definition) is 0. The zero-order valence-corrected chi connectivity index (χ0v) is 22.9. The van der Waals surface area contributed by atoms with Crippen LogP contribution in [-0.4, -0.2) is 14.1 Å². The second-order valence-electron chi connectivity index (χ2n) is 11.3. The Morgan fingerprint density at radius 1 is 0.947 bits per heavy atom. The largest absolute Gasteiger partial charge is 0.456 e. The number of imidazole rings is 2. The lowest BCUT2D eigenvalue weighted by Crippen LogP contribution is -2.30. The lowest BCUT2D eigenvalue weighted by Gasteiger charge is -2.19. The van der Waals surface area contributed by atoms with Gasteiger partial charge in [0.05, 0.1) is 18.3 Å². The molecule has 1 aliphatic rings. The van der Waals surface area contributed by atoms with Crippen LogP contribution >= 0.6 is 0 Å². The quantitative estimate of drug-likeness (QED) is 0.234. The van der Waals surface area contributed by atoms with Crippen molar-refractivity contribution in [2.24, 2.45) is 7.05 Å². The van der Waals surface area contributed by atoms with E-state index < -0.39 is 0 Å². The molecule has 0 saturated heterocycles. The summed E-state index contributed by atoms with van der Waals surface area (Å²) in [5, 5.41) is 2.39. The molecule has 5 heteroatoms. The van der Waals surface area contributed by atoms with Crippen molar-refractivity contribution in [3.8, 4) is 22.8 Å². The zero-order valence-electron chi connectivity index (χ0n) is 22.9. The molecule has 0 saturated carbocycles. The van der Waals surface area contributed by atoms with E-state index in [1.54, 1.807) is 0 Å². The maximum absolute atomic E-state index is 6.59. The predicted octanol–water partition coefficient (Wildman–Crippen LogP) is 7.51. The molecular formula is C33H33N4O+. The molecule has 38 heavy (non-hydrogen) atoms. The summed E-state index contributed by atoms with van der Waals surface area (Å²) >= 11 is 0. The van der Waals surface area contributed by atoms with Gasteiger partial charge in [0, 0.05) is 40.7 Å². The van der Waals surface area contributed by atoms with E-state index in [4.69, 9.17) is 4.42 Å². The maximum atomic E-state index is 6.59. The third-order valence-electron chi connectivity index (χ3n) is 8.18. The second kappa shape index (κ2) is 8.19. The van der Waals surface area contributed by atoms with Crippen LogP contribution in [0, 0.1) is 6.92 Å². The van der Waals surface area contributed by atoms with Crippen LogP contribution in [0.1, 0.15) is 67.6 Å². The number of para-hydroxylation sites is 1. The van der Waals surface area contributed by atoms with Gasteiger partial charge in [-0.25, -0.2) is 9.55 Å². The van der Waals surface area contributed by atoms with Gasteiger partial charge < -0.3 is 8.98 Å². The van der Waals surface area contributed by atoms with Crippen LogP contribution in [0.3, 0.4) is 0 Å². The third-order valence-corrected chi connectivity index (χ3v) is 8.18. The van der Waals surface area contributed by atoms with Gasteiger partial charge in [0.15, 0.2) is 0 Å². The maximum Gasteiger partial charge on any atom is 0.294 e. The van der Waals surface area contributed by atoms with Gasteiger partial charge in [-0.15, -0.1) is 0 Å². The van der Waals surface area contributed by atoms with E-state index in [0.29, 0.717) is 5.92 Å². The van der Waals surface area contributed by atoms with Crippen LogP contribution in [0.2, 0.25) is 0 Å². The summed E-state index contributed by atoms with van der Waals surface area (Å²) in [6.45, 7) is 11.4. The van der Waals surface area contributed by atoms with Crippen molar-refractivity contribution in [3.63, 3.8) is 0 Å². The summed E-state index contributed by atoms with van der Waals surface area (Å²) in [6.07, 6.45) is 9.21. The van der Waals surface area contributed by atoms with Crippen LogP contribution in [0.5, 0.6) is 0 Å². The molecule has 4 heterocycles. The Labute approximate surface area is 223 Å². The second-order valence-corrected chi connectivity index (χ2v) is 11.3. The Hall–Kier alpha value is -4.12. The van der Waals surface area contributed by atoms with E-state index in [0.717, 1.165) is 23.4 Å². The number of rotatable bonds is 4. The van der Waals surface area contributed by atoms with Crippen molar-refractivity contribution in [2.75, 3.05) is 0 Å². The Balaban J connectivity index is 1.58. The molecule has 0 spiro atoms. The molecule has 0 radical (unpaired) electrons. The number of hydrogen-bond acceptors (Lipinski definition) is 2. The normalized spacial score (nSPS) is 12.8. The smallest absolute Gasteiger partial charge is 0.294 e. The molecule has 0 fully saturated rings. The lowest BCUT2D eigenvalue weighted by molar-refractivity contribution is -0.659. The first kappa shape index (κ1) is 23.0. The summed E-state index contributed by atoms with van der Waals surface area (Å²) in [5.41, 5.74) is 10.9. The number of furan rings is 1. The van der Waals surface area contributed by atoms with Gasteiger partial charge in [-0.3, -0.25) is 0 Å². The van der Waals surface area contributed by atoms with Crippen molar-refractivity contribution in [2.45, 2.75) is 52.9 Å². The van der Waals surface area contributed by atoms with E-state index in [-0.39, 0.29) is 5.92 Å². The van der Waals surface area contributed by atoms with Gasteiger partial charge in [0.25, 0.3) is 5.82 Å². The van der Waals surface area contributed by atoms with Crippen molar-refractivity contribution in [1.29, 1.82) is 0 Å². The molecule has 0 aliphatic carbocycles. The highest BCUT2D eigenvalue weighted by Gasteiger charge is 2.33. The lowest BCUT2D eigenvalue weighted by atomic mass is 9.89. The number of aromatic nitrogens is 4.